The van der Waals surface area contributed by atoms with Crippen LogP contribution in [-0.2, 0) is 0 Å². The van der Waals surface area contributed by atoms with Gasteiger partial charge in [0, 0.05) is 11.1 Å². The van der Waals surface area contributed by atoms with Crippen LogP contribution in [0.15, 0.2) is 22.7 Å². The second-order valence-electron chi connectivity index (χ2n) is 5.39. The highest BCUT2D eigenvalue weighted by Crippen LogP contribution is 2.35. The zero-order chi connectivity index (χ0) is 13.3. The number of hydrogen-bond acceptors (Lipinski definition) is 2. The lowest BCUT2D eigenvalue weighted by Gasteiger charge is -2.39. The Hall–Kier alpha value is -0.450. The number of aliphatic hydroxyl groups is 1. The van der Waals surface area contributed by atoms with Crippen LogP contribution in [0.1, 0.15) is 38.4 Å². The van der Waals surface area contributed by atoms with E-state index in [-0.39, 0.29) is 5.82 Å². The number of likely N-dealkylation sites (tertiary alicyclic amines) is 1. The number of benzene rings is 1. The molecule has 100 valence electrons. The van der Waals surface area contributed by atoms with Crippen molar-refractivity contribution in [2.45, 2.75) is 38.3 Å². The highest BCUT2D eigenvalue weighted by Gasteiger charge is 2.37. The number of rotatable bonds is 3. The fraction of sp³-hybridized carbons (Fsp3) is 0.571. The van der Waals surface area contributed by atoms with Crippen molar-refractivity contribution < 1.29 is 9.50 Å². The maximum absolute atomic E-state index is 14.0. The molecular weight excluding hydrogens is 297 g/mol. The quantitative estimate of drug-likeness (QED) is 0.923. The molecule has 0 radical (unpaired) electrons. The molecule has 0 aliphatic carbocycles. The fourth-order valence-electron chi connectivity index (χ4n) is 2.58. The summed E-state index contributed by atoms with van der Waals surface area (Å²) >= 11 is 3.16. The van der Waals surface area contributed by atoms with Crippen LogP contribution < -0.4 is 0 Å². The maximum atomic E-state index is 14.0. The van der Waals surface area contributed by atoms with Crippen molar-refractivity contribution in [3.63, 3.8) is 0 Å². The van der Waals surface area contributed by atoms with Crippen LogP contribution in [0.5, 0.6) is 0 Å². The zero-order valence-corrected chi connectivity index (χ0v) is 12.4. The molecule has 2 rings (SSSR count). The predicted octanol–water partition coefficient (Wildman–Crippen LogP) is 3.50. The van der Waals surface area contributed by atoms with Crippen LogP contribution in [0.25, 0.3) is 0 Å². The van der Waals surface area contributed by atoms with Crippen LogP contribution >= 0.6 is 15.9 Å². The lowest BCUT2D eigenvalue weighted by molar-refractivity contribution is -0.000727. The third kappa shape index (κ3) is 2.46. The minimum absolute atomic E-state index is 0.362. The van der Waals surface area contributed by atoms with E-state index in [1.165, 1.54) is 0 Å². The molecule has 1 aromatic carbocycles. The molecule has 1 unspecified atom stereocenters. The second kappa shape index (κ2) is 5.27. The van der Waals surface area contributed by atoms with Gasteiger partial charge in [0.15, 0.2) is 0 Å². The number of aliphatic hydroxyl groups excluding tert-OH is 1. The molecule has 0 saturated carbocycles. The molecule has 1 aliphatic rings. The SMILES string of the molecule is CC(C)(C(O)c1cccc(Br)c1F)N1CCCC1. The van der Waals surface area contributed by atoms with Gasteiger partial charge in [-0.1, -0.05) is 12.1 Å². The molecule has 0 aromatic heterocycles. The third-order valence-electron chi connectivity index (χ3n) is 3.87. The molecule has 4 heteroatoms. The summed E-state index contributed by atoms with van der Waals surface area (Å²) in [6, 6.07) is 5.06. The smallest absolute Gasteiger partial charge is 0.143 e. The van der Waals surface area contributed by atoms with Crippen molar-refractivity contribution in [3.05, 3.63) is 34.1 Å². The van der Waals surface area contributed by atoms with Gasteiger partial charge in [0.05, 0.1) is 10.6 Å². The van der Waals surface area contributed by atoms with Crippen molar-refractivity contribution in [1.29, 1.82) is 0 Å². The molecule has 1 aliphatic heterocycles. The summed E-state index contributed by atoms with van der Waals surface area (Å²) in [5.41, 5.74) is -0.0840. The van der Waals surface area contributed by atoms with Crippen molar-refractivity contribution >= 4 is 15.9 Å². The van der Waals surface area contributed by atoms with Gasteiger partial charge in [-0.3, -0.25) is 4.90 Å². The Balaban J connectivity index is 2.29. The molecule has 1 N–H and O–H groups in total. The highest BCUT2D eigenvalue weighted by atomic mass is 79.9. The molecule has 18 heavy (non-hydrogen) atoms. The maximum Gasteiger partial charge on any atom is 0.143 e. The van der Waals surface area contributed by atoms with E-state index in [9.17, 15) is 9.50 Å². The molecule has 0 spiro atoms. The van der Waals surface area contributed by atoms with Gasteiger partial charge < -0.3 is 5.11 Å². The molecule has 1 fully saturated rings. The van der Waals surface area contributed by atoms with E-state index in [0.29, 0.717) is 10.0 Å². The van der Waals surface area contributed by atoms with E-state index in [1.54, 1.807) is 18.2 Å². The van der Waals surface area contributed by atoms with Crippen LogP contribution in [-0.4, -0.2) is 28.6 Å². The molecule has 0 amide bonds. The Bertz CT molecular complexity index is 430. The van der Waals surface area contributed by atoms with Crippen molar-refractivity contribution in [1.82, 2.24) is 4.90 Å². The van der Waals surface area contributed by atoms with Gasteiger partial charge in [-0.2, -0.15) is 0 Å². The number of halogens is 2. The average molecular weight is 316 g/mol. The van der Waals surface area contributed by atoms with Gasteiger partial charge in [0.2, 0.25) is 0 Å². The van der Waals surface area contributed by atoms with Gasteiger partial charge in [-0.05, 0) is 61.8 Å². The summed E-state index contributed by atoms with van der Waals surface area (Å²) < 4.78 is 14.4. The summed E-state index contributed by atoms with van der Waals surface area (Å²) in [4.78, 5) is 2.23. The summed E-state index contributed by atoms with van der Waals surface area (Å²) in [7, 11) is 0. The van der Waals surface area contributed by atoms with Crippen LogP contribution in [0.3, 0.4) is 0 Å². The summed E-state index contributed by atoms with van der Waals surface area (Å²) in [5.74, 6) is -0.364. The largest absolute Gasteiger partial charge is 0.386 e. The number of hydrogen-bond donors (Lipinski definition) is 1. The molecule has 1 aromatic rings. The summed E-state index contributed by atoms with van der Waals surface area (Å²) in [6.07, 6.45) is 1.47. The number of nitrogens with zero attached hydrogens (tertiary/aromatic N) is 1. The summed E-state index contributed by atoms with van der Waals surface area (Å²) in [6.45, 7) is 5.89. The Morgan fingerprint density at radius 2 is 1.94 bits per heavy atom. The normalized spacial score (nSPS) is 19.2. The van der Waals surface area contributed by atoms with E-state index in [1.807, 2.05) is 13.8 Å². The van der Waals surface area contributed by atoms with Crippen LogP contribution in [0.2, 0.25) is 0 Å². The minimum Gasteiger partial charge on any atom is -0.386 e. The van der Waals surface area contributed by atoms with Gasteiger partial charge in [0.1, 0.15) is 5.82 Å². The predicted molar refractivity (Wildman–Crippen MR) is 73.9 cm³/mol. The van der Waals surface area contributed by atoms with Gasteiger partial charge in [-0.15, -0.1) is 0 Å². The van der Waals surface area contributed by atoms with Gasteiger partial charge >= 0.3 is 0 Å². The Morgan fingerprint density at radius 3 is 2.56 bits per heavy atom. The first-order chi connectivity index (χ1) is 8.44. The summed E-state index contributed by atoms with van der Waals surface area (Å²) in [5, 5.41) is 10.5. The van der Waals surface area contributed by atoms with Crippen LogP contribution in [0.4, 0.5) is 4.39 Å². The van der Waals surface area contributed by atoms with Crippen molar-refractivity contribution in [2.75, 3.05) is 13.1 Å². The topological polar surface area (TPSA) is 23.5 Å². The molecule has 0 bridgehead atoms. The van der Waals surface area contributed by atoms with E-state index < -0.39 is 11.6 Å². The molecule has 2 nitrogen and oxygen atoms in total. The van der Waals surface area contributed by atoms with Crippen LogP contribution in [0, 0.1) is 5.82 Å². The average Bonchev–Trinajstić information content (AvgIpc) is 2.86. The first-order valence-electron chi connectivity index (χ1n) is 6.31. The monoisotopic (exact) mass is 315 g/mol. The second-order valence-corrected chi connectivity index (χ2v) is 6.25. The first-order valence-corrected chi connectivity index (χ1v) is 7.11. The van der Waals surface area contributed by atoms with Gasteiger partial charge in [0.25, 0.3) is 0 Å². The van der Waals surface area contributed by atoms with Crippen molar-refractivity contribution in [2.24, 2.45) is 0 Å². The lowest BCUT2D eigenvalue weighted by Crippen LogP contribution is -2.47. The van der Waals surface area contributed by atoms with E-state index in [0.717, 1.165) is 25.9 Å². The first kappa shape index (κ1) is 14.0. The van der Waals surface area contributed by atoms with Gasteiger partial charge in [-0.25, -0.2) is 4.39 Å². The fourth-order valence-corrected chi connectivity index (χ4v) is 2.96. The Labute approximate surface area is 116 Å². The van der Waals surface area contributed by atoms with Crippen molar-refractivity contribution in [3.8, 4) is 0 Å². The molecule has 1 heterocycles. The third-order valence-corrected chi connectivity index (χ3v) is 4.48. The minimum atomic E-state index is -0.826. The Kier molecular flexibility index (Phi) is 4.09. The van der Waals surface area contributed by atoms with E-state index in [4.69, 9.17) is 0 Å². The lowest BCUT2D eigenvalue weighted by atomic mass is 9.89. The standard InChI is InChI=1S/C14H19BrFNO/c1-14(2,17-8-3-4-9-17)13(18)10-6-5-7-11(15)12(10)16/h5-7,13,18H,3-4,8-9H2,1-2H3. The Morgan fingerprint density at radius 1 is 1.33 bits per heavy atom. The molecular formula is C14H19BrFNO. The van der Waals surface area contributed by atoms with E-state index in [2.05, 4.69) is 20.8 Å². The highest BCUT2D eigenvalue weighted by molar-refractivity contribution is 9.10. The zero-order valence-electron chi connectivity index (χ0n) is 10.8. The van der Waals surface area contributed by atoms with E-state index >= 15 is 0 Å². The molecule has 1 atom stereocenters. The molecule has 1 saturated heterocycles.